The first-order valence-electron chi connectivity index (χ1n) is 11.4. The summed E-state index contributed by atoms with van der Waals surface area (Å²) in [6, 6.07) is 9.61. The number of ether oxygens (including phenoxy) is 1. The van der Waals surface area contributed by atoms with Crippen molar-refractivity contribution in [1.29, 1.82) is 0 Å². The molecule has 1 aromatic carbocycles. The van der Waals surface area contributed by atoms with E-state index in [1.54, 1.807) is 36.1 Å². The first-order valence-corrected chi connectivity index (χ1v) is 13.7. The van der Waals surface area contributed by atoms with Gasteiger partial charge in [-0.15, -0.1) is 0 Å². The highest BCUT2D eigenvalue weighted by molar-refractivity contribution is 9.10. The van der Waals surface area contributed by atoms with E-state index in [1.807, 2.05) is 0 Å². The van der Waals surface area contributed by atoms with Crippen LogP contribution in [-0.4, -0.2) is 38.3 Å². The summed E-state index contributed by atoms with van der Waals surface area (Å²) in [7, 11) is -2.44. The number of benzene rings is 1. The molecule has 0 radical (unpaired) electrons. The van der Waals surface area contributed by atoms with E-state index >= 15 is 0 Å². The molecule has 0 bridgehead atoms. The van der Waals surface area contributed by atoms with Gasteiger partial charge in [0.25, 0.3) is 5.91 Å². The molecule has 8 nitrogen and oxygen atoms in total. The first kappa shape index (κ1) is 25.4. The fraction of sp³-hybridized carbons (Fsp3) is 0.360. The van der Waals surface area contributed by atoms with Crippen molar-refractivity contribution >= 4 is 43.9 Å². The number of amides is 1. The minimum atomic E-state index is -3.72. The number of furan rings is 1. The molecule has 1 aliphatic carbocycles. The molecule has 2 aliphatic rings. The zero-order chi connectivity index (χ0) is 25.2. The Hall–Kier alpha value is -2.69. The molecule has 4 rings (SSSR count). The van der Waals surface area contributed by atoms with Crippen molar-refractivity contribution in [2.45, 2.75) is 56.5 Å². The minimum absolute atomic E-state index is 0.0574. The van der Waals surface area contributed by atoms with Crippen molar-refractivity contribution < 1.29 is 27.2 Å². The summed E-state index contributed by atoms with van der Waals surface area (Å²) in [5.41, 5.74) is 1.04. The second-order valence-corrected chi connectivity index (χ2v) is 11.2. The van der Waals surface area contributed by atoms with Crippen LogP contribution >= 0.6 is 15.9 Å². The molecule has 186 valence electrons. The SMILES string of the molecule is COC(=O)C1=C(C)N(C2CCCCC2)C(=O)/C1=C/c1ccc(CNS(=O)(=O)c2ccc(Br)cc2)o1. The number of hydrogen-bond acceptors (Lipinski definition) is 6. The van der Waals surface area contributed by atoms with Gasteiger partial charge in [0, 0.05) is 16.2 Å². The summed E-state index contributed by atoms with van der Waals surface area (Å²) in [6.07, 6.45) is 6.56. The van der Waals surface area contributed by atoms with Gasteiger partial charge < -0.3 is 14.1 Å². The smallest absolute Gasteiger partial charge is 0.340 e. The standard InChI is InChI=1S/C25H27BrN2O6S/c1-16-23(25(30)33-2)22(24(29)28(16)18-6-4-3-5-7-18)14-19-10-11-20(34-19)15-27-35(31,32)21-12-8-17(26)9-13-21/h8-14,18,27H,3-7,15H2,1-2H3/b22-14+. The first-order chi connectivity index (χ1) is 16.7. The summed E-state index contributed by atoms with van der Waals surface area (Å²) in [5.74, 6) is -0.114. The van der Waals surface area contributed by atoms with Gasteiger partial charge in [-0.25, -0.2) is 17.9 Å². The molecule has 0 saturated heterocycles. The van der Waals surface area contributed by atoms with Gasteiger partial charge in [-0.05, 0) is 62.2 Å². The molecule has 1 aromatic heterocycles. The fourth-order valence-corrected chi connectivity index (χ4v) is 5.81. The maximum absolute atomic E-state index is 13.4. The van der Waals surface area contributed by atoms with E-state index in [1.165, 1.54) is 25.3 Å². The van der Waals surface area contributed by atoms with Crippen molar-refractivity contribution in [3.05, 3.63) is 69.2 Å². The Morgan fingerprint density at radius 3 is 2.51 bits per heavy atom. The van der Waals surface area contributed by atoms with E-state index in [2.05, 4.69) is 20.7 Å². The predicted octanol–water partition coefficient (Wildman–Crippen LogP) is 4.53. The number of carbonyl (C=O) groups is 2. The molecule has 1 saturated carbocycles. The Morgan fingerprint density at radius 2 is 1.86 bits per heavy atom. The number of sulfonamides is 1. The van der Waals surface area contributed by atoms with Crippen LogP contribution in [-0.2, 0) is 30.9 Å². The average Bonchev–Trinajstić information content (AvgIpc) is 3.40. The normalized spacial score (nSPS) is 18.5. The maximum atomic E-state index is 13.4. The number of rotatable bonds is 7. The molecule has 35 heavy (non-hydrogen) atoms. The molecule has 0 spiro atoms. The molecule has 1 N–H and O–H groups in total. The van der Waals surface area contributed by atoms with Crippen LogP contribution in [0.5, 0.6) is 0 Å². The lowest BCUT2D eigenvalue weighted by Crippen LogP contribution is -2.37. The zero-order valence-electron chi connectivity index (χ0n) is 19.5. The minimum Gasteiger partial charge on any atom is -0.465 e. The number of carbonyl (C=O) groups excluding carboxylic acids is 2. The lowest BCUT2D eigenvalue weighted by molar-refractivity contribution is -0.136. The largest absolute Gasteiger partial charge is 0.465 e. The van der Waals surface area contributed by atoms with Gasteiger partial charge in [0.05, 0.1) is 29.7 Å². The number of methoxy groups -OCH3 is 1. The summed E-state index contributed by atoms with van der Waals surface area (Å²) in [4.78, 5) is 27.8. The summed E-state index contributed by atoms with van der Waals surface area (Å²) < 4.78 is 39.1. The monoisotopic (exact) mass is 562 g/mol. The van der Waals surface area contributed by atoms with E-state index in [4.69, 9.17) is 9.15 Å². The lowest BCUT2D eigenvalue weighted by atomic mass is 9.94. The van der Waals surface area contributed by atoms with Crippen LogP contribution in [0.25, 0.3) is 6.08 Å². The number of nitrogens with zero attached hydrogens (tertiary/aromatic N) is 1. The second kappa shape index (κ2) is 10.5. The molecule has 1 amide bonds. The Labute approximate surface area is 213 Å². The molecule has 0 unspecified atom stereocenters. The van der Waals surface area contributed by atoms with Crippen molar-refractivity contribution in [1.82, 2.24) is 9.62 Å². The van der Waals surface area contributed by atoms with Crippen LogP contribution in [0.1, 0.15) is 50.5 Å². The van der Waals surface area contributed by atoms with Crippen LogP contribution in [0, 0.1) is 0 Å². The van der Waals surface area contributed by atoms with Gasteiger partial charge in [-0.2, -0.15) is 0 Å². The van der Waals surface area contributed by atoms with Crippen LogP contribution in [0.2, 0.25) is 0 Å². The maximum Gasteiger partial charge on any atom is 0.340 e. The van der Waals surface area contributed by atoms with Gasteiger partial charge in [-0.1, -0.05) is 35.2 Å². The second-order valence-electron chi connectivity index (χ2n) is 8.56. The number of esters is 1. The molecule has 2 heterocycles. The Balaban J connectivity index is 1.55. The topological polar surface area (TPSA) is 106 Å². The van der Waals surface area contributed by atoms with E-state index in [-0.39, 0.29) is 34.5 Å². The van der Waals surface area contributed by atoms with E-state index in [0.717, 1.165) is 36.6 Å². The average molecular weight is 563 g/mol. The molecular formula is C25H27BrN2O6S. The Kier molecular flexibility index (Phi) is 7.63. The third kappa shape index (κ3) is 5.44. The van der Waals surface area contributed by atoms with E-state index in [0.29, 0.717) is 17.2 Å². The highest BCUT2D eigenvalue weighted by atomic mass is 79.9. The van der Waals surface area contributed by atoms with E-state index < -0.39 is 16.0 Å². The molecule has 1 fully saturated rings. The number of nitrogens with one attached hydrogen (secondary N) is 1. The predicted molar refractivity (Wildman–Crippen MR) is 133 cm³/mol. The van der Waals surface area contributed by atoms with Gasteiger partial charge in [0.2, 0.25) is 10.0 Å². The Bertz CT molecular complexity index is 1290. The molecular weight excluding hydrogens is 536 g/mol. The lowest BCUT2D eigenvalue weighted by Gasteiger charge is -2.32. The van der Waals surface area contributed by atoms with Gasteiger partial charge in [0.1, 0.15) is 11.5 Å². The van der Waals surface area contributed by atoms with Gasteiger partial charge in [0.15, 0.2) is 0 Å². The van der Waals surface area contributed by atoms with Crippen molar-refractivity contribution in [3.8, 4) is 0 Å². The summed E-state index contributed by atoms with van der Waals surface area (Å²) in [6.45, 7) is 1.70. The van der Waals surface area contributed by atoms with Crippen LogP contribution in [0.4, 0.5) is 0 Å². The highest BCUT2D eigenvalue weighted by Gasteiger charge is 2.40. The van der Waals surface area contributed by atoms with Crippen LogP contribution in [0.3, 0.4) is 0 Å². The molecule has 10 heteroatoms. The van der Waals surface area contributed by atoms with Crippen LogP contribution in [0.15, 0.2) is 67.0 Å². The summed E-state index contributed by atoms with van der Waals surface area (Å²) >= 11 is 3.28. The molecule has 2 aromatic rings. The number of hydrogen-bond donors (Lipinski definition) is 1. The number of allylic oxidation sites excluding steroid dienone is 1. The molecule has 1 aliphatic heterocycles. The van der Waals surface area contributed by atoms with Gasteiger partial charge >= 0.3 is 5.97 Å². The molecule has 0 atom stereocenters. The summed E-state index contributed by atoms with van der Waals surface area (Å²) in [5, 5.41) is 0. The fourth-order valence-electron chi connectivity index (χ4n) is 4.55. The van der Waals surface area contributed by atoms with Crippen LogP contribution < -0.4 is 4.72 Å². The zero-order valence-corrected chi connectivity index (χ0v) is 21.9. The number of halogens is 1. The van der Waals surface area contributed by atoms with Gasteiger partial charge in [-0.3, -0.25) is 4.79 Å². The van der Waals surface area contributed by atoms with E-state index in [9.17, 15) is 18.0 Å². The Morgan fingerprint density at radius 1 is 1.17 bits per heavy atom. The third-order valence-electron chi connectivity index (χ3n) is 6.30. The van der Waals surface area contributed by atoms with Crippen molar-refractivity contribution in [2.75, 3.05) is 7.11 Å². The quantitative estimate of drug-likeness (QED) is 0.392. The van der Waals surface area contributed by atoms with Crippen molar-refractivity contribution in [3.63, 3.8) is 0 Å². The van der Waals surface area contributed by atoms with Crippen molar-refractivity contribution in [2.24, 2.45) is 0 Å². The third-order valence-corrected chi connectivity index (χ3v) is 8.25. The highest BCUT2D eigenvalue weighted by Crippen LogP contribution is 2.37.